The van der Waals surface area contributed by atoms with Crippen molar-refractivity contribution in [3.8, 4) is 0 Å². The molecule has 3 rings (SSSR count). The van der Waals surface area contributed by atoms with Gasteiger partial charge in [-0.1, -0.05) is 18.2 Å². The van der Waals surface area contributed by atoms with Gasteiger partial charge in [-0.15, -0.1) is 0 Å². The lowest BCUT2D eigenvalue weighted by Gasteiger charge is -2.23. The first-order chi connectivity index (χ1) is 12.0. The zero-order valence-electron chi connectivity index (χ0n) is 14.1. The van der Waals surface area contributed by atoms with Crippen LogP contribution in [0.5, 0.6) is 0 Å². The molecule has 7 nitrogen and oxygen atoms in total. The van der Waals surface area contributed by atoms with Gasteiger partial charge in [0.1, 0.15) is 6.10 Å². The van der Waals surface area contributed by atoms with Gasteiger partial charge in [0.2, 0.25) is 0 Å². The van der Waals surface area contributed by atoms with Crippen molar-refractivity contribution in [3.05, 3.63) is 36.0 Å². The van der Waals surface area contributed by atoms with Gasteiger partial charge in [-0.05, 0) is 32.1 Å². The molecule has 0 unspecified atom stereocenters. The van der Waals surface area contributed by atoms with Crippen molar-refractivity contribution < 1.29 is 24.1 Å². The second-order valence-corrected chi connectivity index (χ2v) is 7.13. The summed E-state index contributed by atoms with van der Waals surface area (Å²) >= 11 is 1.67. The quantitative estimate of drug-likeness (QED) is 0.469. The van der Waals surface area contributed by atoms with E-state index >= 15 is 0 Å². The van der Waals surface area contributed by atoms with E-state index in [0.717, 1.165) is 35.4 Å². The first-order valence-electron chi connectivity index (χ1n) is 7.95. The van der Waals surface area contributed by atoms with Gasteiger partial charge >= 0.3 is 12.2 Å². The summed E-state index contributed by atoms with van der Waals surface area (Å²) in [6.07, 6.45) is 0.556. The number of para-hydroxylation sites is 1. The number of fused-ring (bicyclic) bond motifs is 1. The van der Waals surface area contributed by atoms with E-state index in [-0.39, 0.29) is 6.10 Å². The van der Waals surface area contributed by atoms with Crippen LogP contribution in [0, 0.1) is 0 Å². The Hall–Kier alpha value is -2.19. The minimum Gasteiger partial charge on any atom is -0.427 e. The SMILES string of the molecule is CN(C)CCc1cn(C(=O)OOC(=O)OC2CSC2)c2ccccc12. The molecule has 1 saturated heterocycles. The van der Waals surface area contributed by atoms with Crippen molar-refractivity contribution in [2.24, 2.45) is 0 Å². The lowest BCUT2D eigenvalue weighted by atomic mass is 10.1. The number of aromatic nitrogens is 1. The van der Waals surface area contributed by atoms with Gasteiger partial charge in [-0.2, -0.15) is 16.6 Å². The number of benzene rings is 1. The predicted octanol–water partition coefficient (Wildman–Crippen LogP) is 2.91. The second-order valence-electron chi connectivity index (χ2n) is 6.05. The van der Waals surface area contributed by atoms with Crippen molar-refractivity contribution in [2.45, 2.75) is 12.5 Å². The predicted molar refractivity (Wildman–Crippen MR) is 94.8 cm³/mol. The number of nitrogens with zero attached hydrogens (tertiary/aromatic N) is 2. The van der Waals surface area contributed by atoms with Gasteiger partial charge in [0, 0.05) is 29.6 Å². The fraction of sp³-hybridized carbons (Fsp3) is 0.412. The Morgan fingerprint density at radius 1 is 1.24 bits per heavy atom. The minimum absolute atomic E-state index is 0.166. The van der Waals surface area contributed by atoms with Crippen LogP contribution in [0.4, 0.5) is 9.59 Å². The molecule has 0 saturated carbocycles. The van der Waals surface area contributed by atoms with Gasteiger partial charge in [-0.25, -0.2) is 19.1 Å². The number of rotatable bonds is 4. The molecule has 134 valence electrons. The molecule has 0 aliphatic carbocycles. The van der Waals surface area contributed by atoms with E-state index in [1.807, 2.05) is 38.4 Å². The normalized spacial score (nSPS) is 14.4. The van der Waals surface area contributed by atoms with Gasteiger partial charge < -0.3 is 9.64 Å². The van der Waals surface area contributed by atoms with Crippen molar-refractivity contribution in [1.82, 2.24) is 9.47 Å². The molecule has 0 spiro atoms. The number of hydrogen-bond donors (Lipinski definition) is 0. The average molecular weight is 364 g/mol. The molecular formula is C17H20N2O5S. The molecule has 0 N–H and O–H groups in total. The smallest absolute Gasteiger partial charge is 0.427 e. The van der Waals surface area contributed by atoms with Gasteiger partial charge in [0.15, 0.2) is 0 Å². The molecular weight excluding hydrogens is 344 g/mol. The highest BCUT2D eigenvalue weighted by atomic mass is 32.2. The third-order valence-corrected chi connectivity index (χ3v) is 5.09. The number of carbonyl (C=O) groups excluding carboxylic acids is 2. The minimum atomic E-state index is -0.997. The van der Waals surface area contributed by atoms with Gasteiger partial charge in [-0.3, -0.25) is 0 Å². The van der Waals surface area contributed by atoms with Crippen LogP contribution in [-0.4, -0.2) is 60.0 Å². The van der Waals surface area contributed by atoms with Crippen molar-refractivity contribution >= 4 is 34.9 Å². The fourth-order valence-electron chi connectivity index (χ4n) is 2.49. The van der Waals surface area contributed by atoms with Crippen molar-refractivity contribution in [1.29, 1.82) is 0 Å². The van der Waals surface area contributed by atoms with Crippen LogP contribution < -0.4 is 0 Å². The summed E-state index contributed by atoms with van der Waals surface area (Å²) < 4.78 is 6.30. The molecule has 1 aliphatic rings. The lowest BCUT2D eigenvalue weighted by molar-refractivity contribution is -0.202. The zero-order chi connectivity index (χ0) is 17.8. The molecule has 2 aromatic rings. The maximum atomic E-state index is 12.3. The van der Waals surface area contributed by atoms with Gasteiger partial charge in [0.05, 0.1) is 5.52 Å². The summed E-state index contributed by atoms with van der Waals surface area (Å²) in [4.78, 5) is 34.9. The molecule has 1 fully saturated rings. The third kappa shape index (κ3) is 4.26. The molecule has 8 heteroatoms. The largest absolute Gasteiger partial charge is 0.550 e. The highest BCUT2D eigenvalue weighted by Crippen LogP contribution is 2.23. The Morgan fingerprint density at radius 2 is 2.00 bits per heavy atom. The van der Waals surface area contributed by atoms with Crippen molar-refractivity contribution in [2.75, 3.05) is 32.1 Å². The summed E-state index contributed by atoms with van der Waals surface area (Å²) in [5.74, 6) is 1.47. The van der Waals surface area contributed by atoms with Crippen LogP contribution in [0.25, 0.3) is 10.9 Å². The molecule has 0 bridgehead atoms. The monoisotopic (exact) mass is 364 g/mol. The Bertz CT molecular complexity index is 769. The standard InChI is InChI=1S/C17H20N2O5S/c1-18(2)8-7-12-9-19(15-6-4-3-5-14(12)15)16(20)23-24-17(21)22-13-10-25-11-13/h3-6,9,13H,7-8,10-11H2,1-2H3. The Labute approximate surface area is 149 Å². The molecule has 0 radical (unpaired) electrons. The van der Waals surface area contributed by atoms with E-state index < -0.39 is 12.2 Å². The van der Waals surface area contributed by atoms with E-state index in [4.69, 9.17) is 4.74 Å². The van der Waals surface area contributed by atoms with Crippen LogP contribution in [-0.2, 0) is 20.9 Å². The molecule has 1 aromatic carbocycles. The van der Waals surface area contributed by atoms with Crippen LogP contribution in [0.15, 0.2) is 30.5 Å². The Morgan fingerprint density at radius 3 is 2.68 bits per heavy atom. The number of carbonyl (C=O) groups is 2. The maximum absolute atomic E-state index is 12.3. The summed E-state index contributed by atoms with van der Waals surface area (Å²) in [6, 6.07) is 7.53. The van der Waals surface area contributed by atoms with E-state index in [9.17, 15) is 9.59 Å². The molecule has 2 heterocycles. The lowest BCUT2D eigenvalue weighted by Crippen LogP contribution is -2.31. The summed E-state index contributed by atoms with van der Waals surface area (Å²) in [5, 5.41) is 0.968. The number of likely N-dealkylation sites (N-methyl/N-ethyl adjacent to an activating group) is 1. The van der Waals surface area contributed by atoms with Crippen LogP contribution in [0.1, 0.15) is 5.56 Å². The highest BCUT2D eigenvalue weighted by molar-refractivity contribution is 8.00. The van der Waals surface area contributed by atoms with Gasteiger partial charge in [0.25, 0.3) is 0 Å². The zero-order valence-corrected chi connectivity index (χ0v) is 15.0. The number of ether oxygens (including phenoxy) is 1. The molecule has 1 aromatic heterocycles. The van der Waals surface area contributed by atoms with Crippen LogP contribution in [0.3, 0.4) is 0 Å². The van der Waals surface area contributed by atoms with Crippen LogP contribution >= 0.6 is 11.8 Å². The molecule has 0 amide bonds. The van der Waals surface area contributed by atoms with Crippen LogP contribution in [0.2, 0.25) is 0 Å². The first-order valence-corrected chi connectivity index (χ1v) is 9.11. The average Bonchev–Trinajstić information content (AvgIpc) is 2.93. The number of thioether (sulfide) groups is 1. The van der Waals surface area contributed by atoms with E-state index in [0.29, 0.717) is 5.52 Å². The Kier molecular flexibility index (Phi) is 5.50. The summed E-state index contributed by atoms with van der Waals surface area (Å²) in [5.41, 5.74) is 1.73. The summed E-state index contributed by atoms with van der Waals surface area (Å²) in [7, 11) is 3.99. The van der Waals surface area contributed by atoms with E-state index in [1.165, 1.54) is 4.57 Å². The van der Waals surface area contributed by atoms with Crippen molar-refractivity contribution in [3.63, 3.8) is 0 Å². The maximum Gasteiger partial charge on any atom is 0.550 e. The fourth-order valence-corrected chi connectivity index (χ4v) is 3.06. The first kappa shape index (κ1) is 17.6. The molecule has 1 aliphatic heterocycles. The topological polar surface area (TPSA) is 70.0 Å². The van der Waals surface area contributed by atoms with E-state index in [1.54, 1.807) is 18.0 Å². The second kappa shape index (κ2) is 7.79. The number of hydrogen-bond acceptors (Lipinski definition) is 7. The van der Waals surface area contributed by atoms with E-state index in [2.05, 4.69) is 14.7 Å². The molecule has 0 atom stereocenters. The highest BCUT2D eigenvalue weighted by Gasteiger charge is 2.25. The Balaban J connectivity index is 1.68. The molecule has 25 heavy (non-hydrogen) atoms. The third-order valence-electron chi connectivity index (χ3n) is 3.87. The summed E-state index contributed by atoms with van der Waals surface area (Å²) in [6.45, 7) is 0.852.